The van der Waals surface area contributed by atoms with E-state index in [2.05, 4.69) is 19.9 Å². The van der Waals surface area contributed by atoms with Gasteiger partial charge < -0.3 is 33.2 Å². The average molecular weight is 802 g/mol. The molecule has 0 radical (unpaired) electrons. The lowest BCUT2D eigenvalue weighted by Crippen LogP contribution is -2.68. The topological polar surface area (TPSA) is 185 Å². The minimum absolute atomic E-state index is 0.0659. The van der Waals surface area contributed by atoms with Gasteiger partial charge in [0.05, 0.1) is 29.1 Å². The number of benzene rings is 1. The van der Waals surface area contributed by atoms with Crippen molar-refractivity contribution in [2.75, 3.05) is 6.61 Å². The number of hydrogen-bond acceptors (Lipinski definition) is 13. The Bertz CT molecular complexity index is 2060. The number of rotatable bonds is 8. The number of esters is 3. The van der Waals surface area contributed by atoms with Crippen LogP contribution in [0.2, 0.25) is 0 Å². The molecule has 1 saturated heterocycles. The number of nitrogens with zero attached hydrogens (tertiary/aromatic N) is 1. The Morgan fingerprint density at radius 3 is 2.16 bits per heavy atom. The van der Waals surface area contributed by atoms with Gasteiger partial charge in [0.15, 0.2) is 18.5 Å². The second-order valence-electron chi connectivity index (χ2n) is 17.4. The number of imide groups is 1. The molecule has 4 fully saturated rings. The third-order valence-electron chi connectivity index (χ3n) is 14.5. The summed E-state index contributed by atoms with van der Waals surface area (Å²) in [7, 11) is 0. The Hall–Kier alpha value is -4.66. The van der Waals surface area contributed by atoms with Gasteiger partial charge in [-0.05, 0) is 98.3 Å². The van der Waals surface area contributed by atoms with Gasteiger partial charge in [0.2, 0.25) is 0 Å². The molecule has 2 amide bonds. The van der Waals surface area contributed by atoms with E-state index in [0.29, 0.717) is 12.8 Å². The normalized spacial score (nSPS) is 37.8. The van der Waals surface area contributed by atoms with Gasteiger partial charge in [-0.2, -0.15) is 0 Å². The fourth-order valence-corrected chi connectivity index (χ4v) is 11.8. The Kier molecular flexibility index (Phi) is 10.3. The molecule has 2 aliphatic heterocycles. The zero-order valence-electron chi connectivity index (χ0n) is 33.5. The van der Waals surface area contributed by atoms with E-state index >= 15 is 0 Å². The molecule has 6 aliphatic rings. The molecule has 4 aliphatic carbocycles. The molecule has 1 N–H and O–H groups in total. The maximum absolute atomic E-state index is 14.0. The number of allylic oxidation sites excluding steroid dienone is 1. The van der Waals surface area contributed by atoms with Crippen molar-refractivity contribution in [1.29, 1.82) is 0 Å². The first-order chi connectivity index (χ1) is 27.6. The second kappa shape index (κ2) is 14.9. The van der Waals surface area contributed by atoms with Crippen molar-refractivity contribution >= 4 is 29.7 Å². The highest BCUT2D eigenvalue weighted by molar-refractivity contribution is 6.21. The van der Waals surface area contributed by atoms with Crippen molar-refractivity contribution in [2.45, 2.75) is 134 Å². The quantitative estimate of drug-likeness (QED) is 0.163. The van der Waals surface area contributed by atoms with Gasteiger partial charge in [0, 0.05) is 32.3 Å². The molecule has 4 unspecified atom stereocenters. The van der Waals surface area contributed by atoms with Crippen molar-refractivity contribution in [2.24, 2.45) is 22.7 Å². The number of ether oxygens (including phenoxy) is 5. The summed E-state index contributed by atoms with van der Waals surface area (Å²) >= 11 is 0. The minimum Gasteiger partial charge on any atom is -0.463 e. The number of carbonyl (C=O) groups excluding carboxylic acids is 5. The standard InChI is InChI=1S/C44H51NO13/c1-23(46)53-22-34-37(55-24(2)47)38(56-25(3)48)36(45-39(50)29-8-6-7-9-30(29)40(45)51)41(58-34)57-28-14-17-42(4)27(20-28)11-12-33-32(42)15-18-43(5)31(16-19-44(33,43)52)26-10-13-35(49)54-21-26/h6-10,13,20-21,28,31-34,36-38,41,52H,11-12,14-19,22H2,1-5H3/t28-,31+,32?,33?,34?,36-,37+,38?,41+,42-,43+,44-/m0/s1. The fraction of sp³-hybridized carbons (Fsp3) is 0.591. The Labute approximate surface area is 336 Å². The molecule has 8 rings (SSSR count). The van der Waals surface area contributed by atoms with Crippen LogP contribution >= 0.6 is 0 Å². The summed E-state index contributed by atoms with van der Waals surface area (Å²) < 4.78 is 35.3. The third kappa shape index (κ3) is 6.51. The summed E-state index contributed by atoms with van der Waals surface area (Å²) in [5.74, 6) is -3.10. The molecule has 1 aromatic heterocycles. The lowest BCUT2D eigenvalue weighted by atomic mass is 9.45. The van der Waals surface area contributed by atoms with Gasteiger partial charge in [0.1, 0.15) is 18.8 Å². The van der Waals surface area contributed by atoms with Crippen LogP contribution in [0, 0.1) is 22.7 Å². The van der Waals surface area contributed by atoms with E-state index in [1.807, 2.05) is 6.07 Å². The van der Waals surface area contributed by atoms with Gasteiger partial charge in [-0.1, -0.05) is 37.6 Å². The van der Waals surface area contributed by atoms with Crippen LogP contribution in [0.1, 0.15) is 118 Å². The van der Waals surface area contributed by atoms with Crippen molar-refractivity contribution in [1.82, 2.24) is 4.90 Å². The summed E-state index contributed by atoms with van der Waals surface area (Å²) in [5, 5.41) is 12.7. The van der Waals surface area contributed by atoms with Crippen LogP contribution in [0.25, 0.3) is 0 Å². The van der Waals surface area contributed by atoms with Crippen LogP contribution in [-0.4, -0.2) is 88.7 Å². The summed E-state index contributed by atoms with van der Waals surface area (Å²) in [6.07, 6.45) is 3.69. The highest BCUT2D eigenvalue weighted by atomic mass is 16.7. The highest BCUT2D eigenvalue weighted by Gasteiger charge is 2.67. The number of carbonyl (C=O) groups is 5. The second-order valence-corrected chi connectivity index (χ2v) is 17.4. The maximum atomic E-state index is 14.0. The first kappa shape index (κ1) is 40.1. The van der Waals surface area contributed by atoms with E-state index in [1.165, 1.54) is 30.7 Å². The number of aliphatic hydroxyl groups is 1. The monoisotopic (exact) mass is 801 g/mol. The molecule has 14 nitrogen and oxygen atoms in total. The minimum atomic E-state index is -1.45. The summed E-state index contributed by atoms with van der Waals surface area (Å²) in [4.78, 5) is 77.9. The largest absolute Gasteiger partial charge is 0.463 e. The van der Waals surface area contributed by atoms with Crippen LogP contribution in [0.5, 0.6) is 0 Å². The molecule has 14 heteroatoms. The molecule has 58 heavy (non-hydrogen) atoms. The fourth-order valence-electron chi connectivity index (χ4n) is 11.8. The van der Waals surface area contributed by atoms with Crippen LogP contribution in [0.15, 0.2) is 63.5 Å². The number of hydrogen-bond donors (Lipinski definition) is 1. The van der Waals surface area contributed by atoms with Gasteiger partial charge in [-0.3, -0.25) is 28.9 Å². The lowest BCUT2D eigenvalue weighted by Gasteiger charge is -2.62. The van der Waals surface area contributed by atoms with E-state index in [-0.39, 0.29) is 39.7 Å². The van der Waals surface area contributed by atoms with Crippen LogP contribution < -0.4 is 5.63 Å². The van der Waals surface area contributed by atoms with E-state index in [9.17, 15) is 33.9 Å². The van der Waals surface area contributed by atoms with Crippen molar-refractivity contribution in [3.8, 4) is 0 Å². The summed E-state index contributed by atoms with van der Waals surface area (Å²) in [5.41, 5.74) is 0.564. The van der Waals surface area contributed by atoms with Crippen LogP contribution in [-0.2, 0) is 38.1 Å². The van der Waals surface area contributed by atoms with Crippen molar-refractivity contribution < 1.29 is 57.2 Å². The molecular weight excluding hydrogens is 750 g/mol. The smallest absolute Gasteiger partial charge is 0.335 e. The molecule has 0 spiro atoms. The molecule has 3 heterocycles. The van der Waals surface area contributed by atoms with Gasteiger partial charge >= 0.3 is 23.5 Å². The van der Waals surface area contributed by atoms with E-state index in [1.54, 1.807) is 18.4 Å². The molecular formula is C44H51NO13. The number of amides is 2. The maximum Gasteiger partial charge on any atom is 0.335 e. The van der Waals surface area contributed by atoms with Gasteiger partial charge in [-0.25, -0.2) is 4.79 Å². The lowest BCUT2D eigenvalue weighted by molar-refractivity contribution is -0.293. The molecule has 310 valence electrons. The first-order valence-corrected chi connectivity index (χ1v) is 20.3. The highest BCUT2D eigenvalue weighted by Crippen LogP contribution is 2.70. The Morgan fingerprint density at radius 1 is 0.828 bits per heavy atom. The predicted molar refractivity (Wildman–Crippen MR) is 203 cm³/mol. The molecule has 3 saturated carbocycles. The Balaban J connectivity index is 1.10. The first-order valence-electron chi connectivity index (χ1n) is 20.3. The molecule has 2 aromatic rings. The van der Waals surface area contributed by atoms with Crippen LogP contribution in [0.4, 0.5) is 0 Å². The molecule has 1 aromatic carbocycles. The average Bonchev–Trinajstić information content (AvgIpc) is 3.60. The number of fused-ring (bicyclic) bond motifs is 6. The van der Waals surface area contributed by atoms with Crippen molar-refractivity contribution in [3.63, 3.8) is 0 Å². The summed E-state index contributed by atoms with van der Waals surface area (Å²) in [6, 6.07) is 8.23. The molecule has 0 bridgehead atoms. The summed E-state index contributed by atoms with van der Waals surface area (Å²) in [6.45, 7) is 7.62. The zero-order valence-corrected chi connectivity index (χ0v) is 33.5. The zero-order chi connectivity index (χ0) is 41.3. The SMILES string of the molecule is CC(=O)OCC1O[C@@H](O[C@@H]2C=C3CCC4C(CC[C@]5(C)[C@@H](c6ccc(=O)oc6)CC[C@]45O)[C@@]3(C)CC2)[C@@H](N2C(=O)c3ccccc3C2=O)C(OC(C)=O)[C@@H]1OC(C)=O. The Morgan fingerprint density at radius 2 is 1.52 bits per heavy atom. The van der Waals surface area contributed by atoms with Gasteiger partial charge in [-0.15, -0.1) is 0 Å². The van der Waals surface area contributed by atoms with E-state index in [4.69, 9.17) is 28.1 Å². The van der Waals surface area contributed by atoms with E-state index in [0.717, 1.165) is 62.8 Å². The van der Waals surface area contributed by atoms with Crippen molar-refractivity contribution in [3.05, 3.63) is 81.4 Å². The van der Waals surface area contributed by atoms with Crippen LogP contribution in [0.3, 0.4) is 0 Å². The molecule has 12 atom stereocenters. The van der Waals surface area contributed by atoms with E-state index < -0.39 is 84.3 Å². The van der Waals surface area contributed by atoms with Gasteiger partial charge in [0.25, 0.3) is 11.8 Å². The predicted octanol–water partition coefficient (Wildman–Crippen LogP) is 5.00. The third-order valence-corrected chi connectivity index (χ3v) is 14.5.